The summed E-state index contributed by atoms with van der Waals surface area (Å²) in [5.74, 6) is -3.92. The summed E-state index contributed by atoms with van der Waals surface area (Å²) in [6.07, 6.45) is 0.636. The molecule has 1 aliphatic rings. The molecule has 6 rings (SSSR count). The Hall–Kier alpha value is -5.28. The van der Waals surface area contributed by atoms with Crippen molar-refractivity contribution in [3.63, 3.8) is 0 Å². The Kier molecular flexibility index (Phi) is 7.71. The van der Waals surface area contributed by atoms with Crippen LogP contribution in [0.4, 0.5) is 17.6 Å². The zero-order valence-corrected chi connectivity index (χ0v) is 22.9. The molecule has 1 atom stereocenters. The normalized spacial score (nSPS) is 14.3. The number of carboxylic acids is 1. The Morgan fingerprint density at radius 2 is 1.77 bits per heavy atom. The van der Waals surface area contributed by atoms with E-state index in [-0.39, 0.29) is 46.4 Å². The number of benzene rings is 3. The first-order valence-electron chi connectivity index (χ1n) is 13.5. The average molecular weight is 603 g/mol. The molecule has 0 bridgehead atoms. The number of pyridine rings is 1. The van der Waals surface area contributed by atoms with E-state index in [1.165, 1.54) is 30.3 Å². The van der Waals surface area contributed by atoms with E-state index in [2.05, 4.69) is 9.97 Å². The van der Waals surface area contributed by atoms with Gasteiger partial charge in [0.2, 0.25) is 5.88 Å². The van der Waals surface area contributed by atoms with Crippen molar-refractivity contribution in [2.45, 2.75) is 32.1 Å². The van der Waals surface area contributed by atoms with Gasteiger partial charge in [-0.15, -0.1) is 0 Å². The van der Waals surface area contributed by atoms with Crippen molar-refractivity contribution in [1.29, 1.82) is 5.26 Å². The zero-order valence-electron chi connectivity index (χ0n) is 22.9. The van der Waals surface area contributed by atoms with Crippen LogP contribution in [0.2, 0.25) is 0 Å². The van der Waals surface area contributed by atoms with E-state index in [9.17, 15) is 18.7 Å². The number of nitrogens with zero attached hydrogens (tertiary/aromatic N) is 4. The van der Waals surface area contributed by atoms with E-state index in [0.29, 0.717) is 30.0 Å². The van der Waals surface area contributed by atoms with Crippen LogP contribution in [0.5, 0.6) is 5.88 Å². The van der Waals surface area contributed by atoms with Gasteiger partial charge in [-0.05, 0) is 60.5 Å². The molecule has 1 fully saturated rings. The molecule has 0 amide bonds. The van der Waals surface area contributed by atoms with Crippen molar-refractivity contribution < 1.29 is 36.9 Å². The summed E-state index contributed by atoms with van der Waals surface area (Å²) in [5.41, 5.74) is 0.496. The highest BCUT2D eigenvalue weighted by atomic mass is 19.1. The first-order valence-corrected chi connectivity index (χ1v) is 13.5. The van der Waals surface area contributed by atoms with Crippen LogP contribution in [0.25, 0.3) is 22.3 Å². The number of hydrogen-bond acceptors (Lipinski definition) is 6. The molecule has 12 heteroatoms. The molecule has 0 unspecified atom stereocenters. The predicted octanol–water partition coefficient (Wildman–Crippen LogP) is 6.18. The lowest BCUT2D eigenvalue weighted by Gasteiger charge is -2.27. The van der Waals surface area contributed by atoms with Crippen LogP contribution >= 0.6 is 0 Å². The van der Waals surface area contributed by atoms with E-state index in [4.69, 9.17) is 14.7 Å². The van der Waals surface area contributed by atoms with Crippen LogP contribution in [0, 0.1) is 34.6 Å². The third-order valence-electron chi connectivity index (χ3n) is 7.37. The van der Waals surface area contributed by atoms with Gasteiger partial charge < -0.3 is 19.1 Å². The van der Waals surface area contributed by atoms with Crippen LogP contribution in [-0.2, 0) is 24.3 Å². The lowest BCUT2D eigenvalue weighted by atomic mass is 10.0. The Labute approximate surface area is 247 Å². The second-order valence-electron chi connectivity index (χ2n) is 10.2. The van der Waals surface area contributed by atoms with Crippen molar-refractivity contribution in [2.75, 3.05) is 6.61 Å². The maximum absolute atomic E-state index is 15.4. The van der Waals surface area contributed by atoms with Crippen molar-refractivity contribution in [3.8, 4) is 23.2 Å². The van der Waals surface area contributed by atoms with Crippen molar-refractivity contribution in [3.05, 3.63) is 112 Å². The molecule has 0 radical (unpaired) electrons. The third kappa shape index (κ3) is 5.69. The first-order chi connectivity index (χ1) is 21.2. The highest BCUT2D eigenvalue weighted by Crippen LogP contribution is 2.29. The van der Waals surface area contributed by atoms with Gasteiger partial charge in [0.05, 0.1) is 40.5 Å². The molecular weight excluding hydrogens is 580 g/mol. The molecule has 2 aromatic heterocycles. The molecule has 1 N–H and O–H groups in total. The first kappa shape index (κ1) is 28.8. The van der Waals surface area contributed by atoms with E-state index < -0.39 is 41.4 Å². The summed E-state index contributed by atoms with van der Waals surface area (Å²) in [6.45, 7) is 0.577. The number of rotatable bonds is 9. The Morgan fingerprint density at radius 1 is 1.00 bits per heavy atom. The van der Waals surface area contributed by atoms with Crippen molar-refractivity contribution in [1.82, 2.24) is 14.5 Å². The Bertz CT molecular complexity index is 1970. The lowest BCUT2D eigenvalue weighted by Crippen LogP contribution is -2.31. The van der Waals surface area contributed by atoms with Gasteiger partial charge in [-0.2, -0.15) is 5.26 Å². The van der Waals surface area contributed by atoms with Gasteiger partial charge in [0.15, 0.2) is 0 Å². The fourth-order valence-electron chi connectivity index (χ4n) is 4.95. The van der Waals surface area contributed by atoms with Crippen LogP contribution < -0.4 is 4.74 Å². The molecule has 3 aromatic carbocycles. The fraction of sp³-hybridized carbons (Fsp3) is 0.188. The van der Waals surface area contributed by atoms with Gasteiger partial charge in [-0.25, -0.2) is 32.3 Å². The summed E-state index contributed by atoms with van der Waals surface area (Å²) in [5, 5.41) is 18.3. The molecule has 0 aliphatic carbocycles. The predicted molar refractivity (Wildman–Crippen MR) is 149 cm³/mol. The minimum absolute atomic E-state index is 0.0292. The number of carbonyl (C=O) groups is 1. The summed E-state index contributed by atoms with van der Waals surface area (Å²) >= 11 is 0. The summed E-state index contributed by atoms with van der Waals surface area (Å²) in [6, 6.07) is 14.1. The number of aromatic nitrogens is 3. The zero-order chi connectivity index (χ0) is 31.0. The van der Waals surface area contributed by atoms with Gasteiger partial charge in [0.1, 0.15) is 41.8 Å². The topological polar surface area (TPSA) is 110 Å². The van der Waals surface area contributed by atoms with Crippen LogP contribution in [-0.4, -0.2) is 38.3 Å². The van der Waals surface area contributed by atoms with Crippen LogP contribution in [0.1, 0.15) is 39.3 Å². The van der Waals surface area contributed by atoms with Crippen LogP contribution in [0.3, 0.4) is 0 Å². The number of halogens is 4. The lowest BCUT2D eigenvalue weighted by molar-refractivity contribution is -0.0589. The van der Waals surface area contributed by atoms with Crippen molar-refractivity contribution >= 4 is 17.0 Å². The second-order valence-corrected chi connectivity index (χ2v) is 10.2. The molecule has 1 saturated heterocycles. The number of fused-ring (bicyclic) bond motifs is 1. The summed E-state index contributed by atoms with van der Waals surface area (Å²) < 4.78 is 71.8. The molecule has 222 valence electrons. The van der Waals surface area contributed by atoms with Crippen molar-refractivity contribution in [2.24, 2.45) is 0 Å². The number of imidazole rings is 1. The second kappa shape index (κ2) is 11.8. The number of aromatic carboxylic acids is 1. The third-order valence-corrected chi connectivity index (χ3v) is 7.37. The molecule has 0 saturated carbocycles. The maximum Gasteiger partial charge on any atom is 0.335 e. The van der Waals surface area contributed by atoms with E-state index in [1.54, 1.807) is 16.7 Å². The molecular formula is C32H22F4N4O4. The molecule has 44 heavy (non-hydrogen) atoms. The van der Waals surface area contributed by atoms with Gasteiger partial charge in [0, 0.05) is 30.2 Å². The minimum Gasteiger partial charge on any atom is -0.478 e. The van der Waals surface area contributed by atoms with Gasteiger partial charge in [-0.1, -0.05) is 6.07 Å². The SMILES string of the molecule is N#Cc1cc(F)c(COc2cccc(-c3cc(F)c(Cc4nc5ccc(C(=O)O)cc5n4C[C@@H]4CCO4)cc3F)n2)cc1F. The minimum atomic E-state index is -1.09. The smallest absolute Gasteiger partial charge is 0.335 e. The van der Waals surface area contributed by atoms with E-state index in [1.807, 2.05) is 0 Å². The largest absolute Gasteiger partial charge is 0.478 e. The molecule has 5 aromatic rings. The molecule has 3 heterocycles. The summed E-state index contributed by atoms with van der Waals surface area (Å²) in [7, 11) is 0. The van der Waals surface area contributed by atoms with Gasteiger partial charge in [-0.3, -0.25) is 0 Å². The number of hydrogen-bond donors (Lipinski definition) is 1. The number of ether oxygens (including phenoxy) is 2. The standard InChI is InChI=1S/C32H22F4N4O4/c33-23-10-20(24(34)9-19(23)14-37)16-44-31-3-1-2-27(39-31)22-13-25(35)18(8-26(22)36)12-30-38-28-5-4-17(32(41)42)11-29(28)40(30)15-21-6-7-43-21/h1-5,8-11,13,21H,6-7,12,15-16H2,(H,41,42)/t21-/m0/s1. The summed E-state index contributed by atoms with van der Waals surface area (Å²) in [4.78, 5) is 20.3. The number of carboxylic acid groups (broad SMARTS) is 1. The number of nitriles is 1. The van der Waals surface area contributed by atoms with E-state index in [0.717, 1.165) is 30.7 Å². The van der Waals surface area contributed by atoms with E-state index >= 15 is 8.78 Å². The fourth-order valence-corrected chi connectivity index (χ4v) is 4.95. The van der Waals surface area contributed by atoms with Gasteiger partial charge >= 0.3 is 5.97 Å². The average Bonchev–Trinajstić information content (AvgIpc) is 3.32. The Morgan fingerprint density at radius 3 is 2.50 bits per heavy atom. The molecule has 1 aliphatic heterocycles. The quantitative estimate of drug-likeness (QED) is 0.201. The molecule has 8 nitrogen and oxygen atoms in total. The maximum atomic E-state index is 15.4. The highest BCUT2D eigenvalue weighted by molar-refractivity contribution is 5.92. The monoisotopic (exact) mass is 602 g/mol. The van der Waals surface area contributed by atoms with Gasteiger partial charge in [0.25, 0.3) is 0 Å². The van der Waals surface area contributed by atoms with Crippen LogP contribution in [0.15, 0.2) is 60.7 Å². The highest BCUT2D eigenvalue weighted by Gasteiger charge is 2.24. The molecule has 0 spiro atoms. The Balaban J connectivity index is 1.26.